The minimum Gasteiger partial charge on any atom is -0.397 e. The standard InChI is InChI=1S/C5H7ClN2/c1-8-3-4(7)2-5(8)6/h2-3H,7H2,1H3. The van der Waals surface area contributed by atoms with E-state index in [9.17, 15) is 0 Å². The van der Waals surface area contributed by atoms with Gasteiger partial charge in [0.15, 0.2) is 0 Å². The molecule has 0 spiro atoms. The molecule has 0 atom stereocenters. The van der Waals surface area contributed by atoms with Crippen LogP contribution in [0.5, 0.6) is 0 Å². The van der Waals surface area contributed by atoms with Crippen molar-refractivity contribution in [3.8, 4) is 0 Å². The smallest absolute Gasteiger partial charge is 0.110 e. The number of hydrogen-bond donors (Lipinski definition) is 1. The molecule has 3 heteroatoms. The summed E-state index contributed by atoms with van der Waals surface area (Å²) >= 11 is 5.61. The molecular formula is C5H7ClN2. The van der Waals surface area contributed by atoms with E-state index in [1.54, 1.807) is 16.8 Å². The SMILES string of the molecule is Cn1cc(N)cc1Cl. The zero-order valence-corrected chi connectivity index (χ0v) is 5.31. The molecule has 0 amide bonds. The van der Waals surface area contributed by atoms with Crippen molar-refractivity contribution in [2.24, 2.45) is 7.05 Å². The number of aromatic nitrogens is 1. The van der Waals surface area contributed by atoms with E-state index in [0.29, 0.717) is 10.8 Å². The number of anilines is 1. The Morgan fingerprint density at radius 2 is 2.38 bits per heavy atom. The van der Waals surface area contributed by atoms with Crippen LogP contribution in [0, 0.1) is 0 Å². The van der Waals surface area contributed by atoms with Gasteiger partial charge < -0.3 is 10.3 Å². The molecule has 1 aromatic heterocycles. The fourth-order valence-electron chi connectivity index (χ4n) is 0.562. The van der Waals surface area contributed by atoms with Crippen LogP contribution in [-0.2, 0) is 7.05 Å². The van der Waals surface area contributed by atoms with Gasteiger partial charge in [0, 0.05) is 13.2 Å². The molecule has 0 aliphatic rings. The largest absolute Gasteiger partial charge is 0.397 e. The molecule has 2 N–H and O–H groups in total. The molecule has 0 saturated carbocycles. The van der Waals surface area contributed by atoms with Gasteiger partial charge in [-0.25, -0.2) is 0 Å². The molecule has 0 unspecified atom stereocenters. The van der Waals surface area contributed by atoms with Gasteiger partial charge in [-0.1, -0.05) is 11.6 Å². The number of halogens is 1. The van der Waals surface area contributed by atoms with Gasteiger partial charge in [0.2, 0.25) is 0 Å². The Morgan fingerprint density at radius 3 is 2.50 bits per heavy atom. The lowest BCUT2D eigenvalue weighted by molar-refractivity contribution is 0.930. The first-order valence-electron chi connectivity index (χ1n) is 2.27. The second-order valence-electron chi connectivity index (χ2n) is 1.71. The summed E-state index contributed by atoms with van der Waals surface area (Å²) < 4.78 is 1.76. The first kappa shape index (κ1) is 5.51. The summed E-state index contributed by atoms with van der Waals surface area (Å²) in [6, 6.07) is 1.71. The first-order valence-corrected chi connectivity index (χ1v) is 2.65. The normalized spacial score (nSPS) is 9.75. The fraction of sp³-hybridized carbons (Fsp3) is 0.200. The maximum absolute atomic E-state index is 5.61. The van der Waals surface area contributed by atoms with Crippen molar-refractivity contribution >= 4 is 17.3 Å². The van der Waals surface area contributed by atoms with Gasteiger partial charge in [0.1, 0.15) is 5.15 Å². The molecule has 0 bridgehead atoms. The lowest BCUT2D eigenvalue weighted by atomic mass is 10.6. The second kappa shape index (κ2) is 1.71. The summed E-state index contributed by atoms with van der Waals surface area (Å²) in [4.78, 5) is 0. The Morgan fingerprint density at radius 1 is 1.75 bits per heavy atom. The molecule has 0 aliphatic carbocycles. The molecule has 0 radical (unpaired) electrons. The van der Waals surface area contributed by atoms with Crippen LogP contribution in [0.2, 0.25) is 5.15 Å². The van der Waals surface area contributed by atoms with E-state index in [0.717, 1.165) is 0 Å². The summed E-state index contributed by atoms with van der Waals surface area (Å²) in [6.45, 7) is 0. The third-order valence-electron chi connectivity index (χ3n) is 0.965. The third kappa shape index (κ3) is 0.793. The van der Waals surface area contributed by atoms with Gasteiger partial charge in [-0.2, -0.15) is 0 Å². The van der Waals surface area contributed by atoms with E-state index in [2.05, 4.69) is 0 Å². The number of nitrogens with zero attached hydrogens (tertiary/aromatic N) is 1. The van der Waals surface area contributed by atoms with Gasteiger partial charge in [-0.15, -0.1) is 0 Å². The fourth-order valence-corrected chi connectivity index (χ4v) is 0.737. The summed E-state index contributed by atoms with van der Waals surface area (Å²) in [7, 11) is 1.85. The van der Waals surface area contributed by atoms with E-state index >= 15 is 0 Å². The zero-order chi connectivity index (χ0) is 6.15. The maximum Gasteiger partial charge on any atom is 0.110 e. The molecule has 44 valence electrons. The lowest BCUT2D eigenvalue weighted by Gasteiger charge is -1.86. The quantitative estimate of drug-likeness (QED) is 0.563. The Hall–Kier alpha value is -0.630. The highest BCUT2D eigenvalue weighted by molar-refractivity contribution is 6.30. The highest BCUT2D eigenvalue weighted by Gasteiger charge is 1.92. The Kier molecular flexibility index (Phi) is 1.18. The van der Waals surface area contributed by atoms with Gasteiger partial charge in [0.25, 0.3) is 0 Å². The monoisotopic (exact) mass is 130 g/mol. The van der Waals surface area contributed by atoms with Gasteiger partial charge in [-0.05, 0) is 6.07 Å². The third-order valence-corrected chi connectivity index (χ3v) is 1.34. The minimum atomic E-state index is 0.669. The lowest BCUT2D eigenvalue weighted by Crippen LogP contribution is -1.82. The summed E-state index contributed by atoms with van der Waals surface area (Å²) in [6.07, 6.45) is 1.77. The van der Waals surface area contributed by atoms with Crippen LogP contribution in [0.4, 0.5) is 5.69 Å². The van der Waals surface area contributed by atoms with Crippen LogP contribution in [-0.4, -0.2) is 4.57 Å². The van der Waals surface area contributed by atoms with Crippen molar-refractivity contribution in [3.63, 3.8) is 0 Å². The Bertz CT molecular complexity index is 173. The molecule has 0 aliphatic heterocycles. The van der Waals surface area contributed by atoms with Gasteiger partial charge >= 0.3 is 0 Å². The molecule has 1 aromatic rings. The van der Waals surface area contributed by atoms with Crippen molar-refractivity contribution in [1.82, 2.24) is 4.57 Å². The average molecular weight is 131 g/mol. The molecule has 0 fully saturated rings. The van der Waals surface area contributed by atoms with Crippen molar-refractivity contribution < 1.29 is 0 Å². The number of nitrogens with two attached hydrogens (primary N) is 1. The van der Waals surface area contributed by atoms with Crippen molar-refractivity contribution in [2.75, 3.05) is 5.73 Å². The van der Waals surface area contributed by atoms with Crippen LogP contribution in [0.15, 0.2) is 12.3 Å². The zero-order valence-electron chi connectivity index (χ0n) is 4.56. The van der Waals surface area contributed by atoms with E-state index in [-0.39, 0.29) is 0 Å². The molecular weight excluding hydrogens is 124 g/mol. The van der Waals surface area contributed by atoms with Crippen molar-refractivity contribution in [3.05, 3.63) is 17.4 Å². The topological polar surface area (TPSA) is 30.9 Å². The number of nitrogen functional groups attached to an aromatic ring is 1. The number of aryl methyl sites for hydroxylation is 1. The van der Waals surface area contributed by atoms with E-state index in [1.165, 1.54) is 0 Å². The number of rotatable bonds is 0. The van der Waals surface area contributed by atoms with Crippen LogP contribution >= 0.6 is 11.6 Å². The van der Waals surface area contributed by atoms with Crippen LogP contribution in [0.1, 0.15) is 0 Å². The molecule has 2 nitrogen and oxygen atoms in total. The second-order valence-corrected chi connectivity index (χ2v) is 2.09. The van der Waals surface area contributed by atoms with Crippen molar-refractivity contribution in [2.45, 2.75) is 0 Å². The van der Waals surface area contributed by atoms with Gasteiger partial charge in [-0.3, -0.25) is 0 Å². The summed E-state index contributed by atoms with van der Waals surface area (Å²) in [5.41, 5.74) is 6.08. The summed E-state index contributed by atoms with van der Waals surface area (Å²) in [5, 5.41) is 0.669. The highest BCUT2D eigenvalue weighted by Crippen LogP contribution is 2.12. The van der Waals surface area contributed by atoms with E-state index in [1.807, 2.05) is 7.05 Å². The first-order chi connectivity index (χ1) is 3.70. The number of hydrogen-bond acceptors (Lipinski definition) is 1. The molecule has 1 rings (SSSR count). The minimum absolute atomic E-state index is 0.669. The molecule has 0 aromatic carbocycles. The highest BCUT2D eigenvalue weighted by atomic mass is 35.5. The Labute approximate surface area is 52.9 Å². The average Bonchev–Trinajstić information content (AvgIpc) is 1.85. The van der Waals surface area contributed by atoms with Crippen molar-refractivity contribution in [1.29, 1.82) is 0 Å². The van der Waals surface area contributed by atoms with Crippen LogP contribution in [0.25, 0.3) is 0 Å². The van der Waals surface area contributed by atoms with Crippen LogP contribution < -0.4 is 5.73 Å². The predicted molar refractivity (Wildman–Crippen MR) is 34.8 cm³/mol. The van der Waals surface area contributed by atoms with E-state index in [4.69, 9.17) is 17.3 Å². The van der Waals surface area contributed by atoms with Gasteiger partial charge in [0.05, 0.1) is 5.69 Å². The molecule has 8 heavy (non-hydrogen) atoms. The predicted octanol–water partition coefficient (Wildman–Crippen LogP) is 1.26. The summed E-state index contributed by atoms with van der Waals surface area (Å²) in [5.74, 6) is 0. The Balaban J connectivity index is 3.14. The van der Waals surface area contributed by atoms with Crippen LogP contribution in [0.3, 0.4) is 0 Å². The molecule has 1 heterocycles. The molecule has 0 saturated heterocycles. The van der Waals surface area contributed by atoms with E-state index < -0.39 is 0 Å². The maximum atomic E-state index is 5.61.